The highest BCUT2D eigenvalue weighted by molar-refractivity contribution is 9.10. The molecule has 0 aliphatic heterocycles. The van der Waals surface area contributed by atoms with Crippen molar-refractivity contribution >= 4 is 37.8 Å². The number of nitrogens with one attached hydrogen (secondary N) is 1. The largest absolute Gasteiger partial charge is 0.350 e. The van der Waals surface area contributed by atoms with Gasteiger partial charge in [0.15, 0.2) is 0 Å². The summed E-state index contributed by atoms with van der Waals surface area (Å²) in [4.78, 5) is 11.7. The van der Waals surface area contributed by atoms with Gasteiger partial charge in [0.25, 0.3) is 0 Å². The molecule has 0 aliphatic carbocycles. The first-order valence-electron chi connectivity index (χ1n) is 5.04. The third-order valence-corrected chi connectivity index (χ3v) is 4.02. The lowest BCUT2D eigenvalue weighted by Crippen LogP contribution is -2.45. The Morgan fingerprint density at radius 2 is 1.88 bits per heavy atom. The van der Waals surface area contributed by atoms with Crippen molar-refractivity contribution in [2.45, 2.75) is 25.8 Å². The van der Waals surface area contributed by atoms with Crippen LogP contribution in [0.3, 0.4) is 0 Å². The summed E-state index contributed by atoms with van der Waals surface area (Å²) in [6, 6.07) is 7.78. The molecule has 0 fully saturated rings. The second-order valence-electron chi connectivity index (χ2n) is 4.37. The van der Waals surface area contributed by atoms with Crippen LogP contribution in [0.4, 0.5) is 0 Å². The average molecular weight is 349 g/mol. The molecule has 16 heavy (non-hydrogen) atoms. The molecule has 1 amide bonds. The SMILES string of the molecule is CC(C)(CBr)NC(=O)Cc1ccc(Br)cc1. The van der Waals surface area contributed by atoms with Gasteiger partial charge in [0.2, 0.25) is 5.91 Å². The van der Waals surface area contributed by atoms with Gasteiger partial charge in [-0.05, 0) is 31.5 Å². The number of hydrogen-bond acceptors (Lipinski definition) is 1. The van der Waals surface area contributed by atoms with E-state index in [2.05, 4.69) is 37.2 Å². The van der Waals surface area contributed by atoms with Crippen molar-refractivity contribution in [3.8, 4) is 0 Å². The van der Waals surface area contributed by atoms with Gasteiger partial charge >= 0.3 is 0 Å². The zero-order valence-electron chi connectivity index (χ0n) is 9.39. The van der Waals surface area contributed by atoms with Crippen LogP contribution < -0.4 is 5.32 Å². The van der Waals surface area contributed by atoms with Crippen LogP contribution in [0.15, 0.2) is 28.7 Å². The molecular weight excluding hydrogens is 334 g/mol. The zero-order chi connectivity index (χ0) is 12.2. The maximum atomic E-state index is 11.7. The summed E-state index contributed by atoms with van der Waals surface area (Å²) < 4.78 is 1.03. The first-order chi connectivity index (χ1) is 7.43. The molecule has 0 heterocycles. The Morgan fingerprint density at radius 1 is 1.31 bits per heavy atom. The van der Waals surface area contributed by atoms with Gasteiger partial charge in [-0.1, -0.05) is 44.0 Å². The van der Waals surface area contributed by atoms with Crippen molar-refractivity contribution in [2.24, 2.45) is 0 Å². The summed E-state index contributed by atoms with van der Waals surface area (Å²) >= 11 is 6.74. The summed E-state index contributed by atoms with van der Waals surface area (Å²) in [5.41, 5.74) is 0.818. The number of amides is 1. The van der Waals surface area contributed by atoms with Gasteiger partial charge in [-0.2, -0.15) is 0 Å². The Morgan fingerprint density at radius 3 is 2.38 bits per heavy atom. The van der Waals surface area contributed by atoms with Crippen molar-refractivity contribution in [1.29, 1.82) is 0 Å². The molecule has 0 aliphatic rings. The van der Waals surface area contributed by atoms with Crippen molar-refractivity contribution < 1.29 is 4.79 Å². The third kappa shape index (κ3) is 4.66. The van der Waals surface area contributed by atoms with Gasteiger partial charge < -0.3 is 5.32 Å². The smallest absolute Gasteiger partial charge is 0.224 e. The van der Waals surface area contributed by atoms with Crippen molar-refractivity contribution in [3.63, 3.8) is 0 Å². The fraction of sp³-hybridized carbons (Fsp3) is 0.417. The predicted octanol–water partition coefficient (Wildman–Crippen LogP) is 3.28. The summed E-state index contributed by atoms with van der Waals surface area (Å²) in [5, 5.41) is 3.71. The molecule has 0 saturated carbocycles. The van der Waals surface area contributed by atoms with E-state index in [9.17, 15) is 4.79 Å². The van der Waals surface area contributed by atoms with Crippen molar-refractivity contribution in [2.75, 3.05) is 5.33 Å². The maximum absolute atomic E-state index is 11.7. The molecule has 1 rings (SSSR count). The number of carbonyl (C=O) groups is 1. The number of carbonyl (C=O) groups excluding carboxylic acids is 1. The lowest BCUT2D eigenvalue weighted by molar-refractivity contribution is -0.121. The van der Waals surface area contributed by atoms with Crippen LogP contribution in [0.2, 0.25) is 0 Å². The van der Waals surface area contributed by atoms with E-state index >= 15 is 0 Å². The lowest BCUT2D eigenvalue weighted by Gasteiger charge is -2.23. The molecule has 0 unspecified atom stereocenters. The molecule has 2 nitrogen and oxygen atoms in total. The fourth-order valence-corrected chi connectivity index (χ4v) is 1.65. The molecule has 0 aromatic heterocycles. The molecule has 0 spiro atoms. The molecular formula is C12H15Br2NO. The Hall–Kier alpha value is -0.350. The zero-order valence-corrected chi connectivity index (χ0v) is 12.6. The maximum Gasteiger partial charge on any atom is 0.224 e. The molecule has 0 bridgehead atoms. The van der Waals surface area contributed by atoms with E-state index in [1.165, 1.54) is 0 Å². The van der Waals surface area contributed by atoms with Crippen LogP contribution in [-0.4, -0.2) is 16.8 Å². The summed E-state index contributed by atoms with van der Waals surface area (Å²) in [7, 11) is 0. The van der Waals surface area contributed by atoms with Crippen molar-refractivity contribution in [3.05, 3.63) is 34.3 Å². The minimum absolute atomic E-state index is 0.0479. The van der Waals surface area contributed by atoms with E-state index in [1.807, 2.05) is 38.1 Å². The Kier molecular flexibility index (Phi) is 4.99. The van der Waals surface area contributed by atoms with Gasteiger partial charge in [0.05, 0.1) is 6.42 Å². The van der Waals surface area contributed by atoms with E-state index in [0.29, 0.717) is 6.42 Å². The second-order valence-corrected chi connectivity index (χ2v) is 5.85. The molecule has 4 heteroatoms. The van der Waals surface area contributed by atoms with Gasteiger partial charge in [-0.15, -0.1) is 0 Å². The normalized spacial score (nSPS) is 11.2. The molecule has 1 N–H and O–H groups in total. The second kappa shape index (κ2) is 5.82. The topological polar surface area (TPSA) is 29.1 Å². The van der Waals surface area contributed by atoms with Gasteiger partial charge in [0.1, 0.15) is 0 Å². The summed E-state index contributed by atoms with van der Waals surface area (Å²) in [6.07, 6.45) is 0.420. The summed E-state index contributed by atoms with van der Waals surface area (Å²) in [5.74, 6) is 0.0479. The predicted molar refractivity (Wildman–Crippen MR) is 73.9 cm³/mol. The highest BCUT2D eigenvalue weighted by Gasteiger charge is 2.18. The molecule has 1 aromatic carbocycles. The number of alkyl halides is 1. The Bertz CT molecular complexity index is 360. The van der Waals surface area contributed by atoms with E-state index in [-0.39, 0.29) is 11.4 Å². The fourth-order valence-electron chi connectivity index (χ4n) is 1.24. The van der Waals surface area contributed by atoms with Crippen LogP contribution >= 0.6 is 31.9 Å². The van der Waals surface area contributed by atoms with E-state index in [0.717, 1.165) is 15.4 Å². The Balaban J connectivity index is 2.55. The highest BCUT2D eigenvalue weighted by atomic mass is 79.9. The van der Waals surface area contributed by atoms with E-state index < -0.39 is 0 Å². The first kappa shape index (κ1) is 13.7. The van der Waals surface area contributed by atoms with Gasteiger partial charge in [-0.25, -0.2) is 0 Å². The quantitative estimate of drug-likeness (QED) is 0.831. The monoisotopic (exact) mass is 347 g/mol. The van der Waals surface area contributed by atoms with Gasteiger partial charge in [-0.3, -0.25) is 4.79 Å². The molecule has 88 valence electrons. The molecule has 1 aromatic rings. The molecule has 0 atom stereocenters. The highest BCUT2D eigenvalue weighted by Crippen LogP contribution is 2.12. The Labute approximate surface area is 113 Å². The van der Waals surface area contributed by atoms with Crippen LogP contribution in [0.1, 0.15) is 19.4 Å². The summed E-state index contributed by atoms with van der Waals surface area (Å²) in [6.45, 7) is 3.97. The standard InChI is InChI=1S/C12H15Br2NO/c1-12(2,8-13)15-11(16)7-9-3-5-10(14)6-4-9/h3-6H,7-8H2,1-2H3,(H,15,16). The van der Waals surface area contributed by atoms with Crippen molar-refractivity contribution in [1.82, 2.24) is 5.32 Å². The number of halogens is 2. The van der Waals surface area contributed by atoms with Crippen LogP contribution in [0.25, 0.3) is 0 Å². The van der Waals surface area contributed by atoms with Crippen LogP contribution in [0.5, 0.6) is 0 Å². The lowest BCUT2D eigenvalue weighted by atomic mass is 10.1. The number of hydrogen-bond donors (Lipinski definition) is 1. The molecule has 0 radical (unpaired) electrons. The van der Waals surface area contributed by atoms with Crippen LogP contribution in [0, 0.1) is 0 Å². The minimum Gasteiger partial charge on any atom is -0.350 e. The third-order valence-electron chi connectivity index (χ3n) is 2.09. The number of benzene rings is 1. The minimum atomic E-state index is -0.202. The average Bonchev–Trinajstić information content (AvgIpc) is 2.21. The van der Waals surface area contributed by atoms with Gasteiger partial charge in [0, 0.05) is 15.3 Å². The van der Waals surface area contributed by atoms with E-state index in [4.69, 9.17) is 0 Å². The van der Waals surface area contributed by atoms with E-state index in [1.54, 1.807) is 0 Å². The van der Waals surface area contributed by atoms with Crippen LogP contribution in [-0.2, 0) is 11.2 Å². The molecule has 0 saturated heterocycles. The first-order valence-corrected chi connectivity index (χ1v) is 6.96. The number of rotatable bonds is 4.